The number of hydrogen-bond donors (Lipinski definition) is 1. The van der Waals surface area contributed by atoms with Gasteiger partial charge in [-0.15, -0.1) is 0 Å². The second kappa shape index (κ2) is 13.9. The van der Waals surface area contributed by atoms with Gasteiger partial charge < -0.3 is 5.73 Å². The minimum absolute atomic E-state index is 0.137. The van der Waals surface area contributed by atoms with E-state index >= 15 is 0 Å². The summed E-state index contributed by atoms with van der Waals surface area (Å²) in [7, 11) is 0. The third-order valence-electron chi connectivity index (χ3n) is 11.9. The zero-order valence-electron chi connectivity index (χ0n) is 32.2. The fourth-order valence-corrected chi connectivity index (χ4v) is 9.09. The Kier molecular flexibility index (Phi) is 8.42. The molecule has 0 amide bonds. The molecule has 0 aliphatic heterocycles. The van der Waals surface area contributed by atoms with Crippen LogP contribution < -0.4 is 5.73 Å². The van der Waals surface area contributed by atoms with Crippen molar-refractivity contribution in [1.29, 1.82) is 0 Å². The molecule has 9 aromatic rings. The van der Waals surface area contributed by atoms with Gasteiger partial charge in [-0.05, 0) is 88.8 Å². The van der Waals surface area contributed by atoms with Crippen LogP contribution in [-0.4, -0.2) is 5.84 Å². The molecule has 2 heteroatoms. The number of nitrogens with zero attached hydrogens (tertiary/aromatic N) is 1. The highest BCUT2D eigenvalue weighted by atomic mass is 14.9. The van der Waals surface area contributed by atoms with Crippen LogP contribution >= 0.6 is 0 Å². The van der Waals surface area contributed by atoms with E-state index in [4.69, 9.17) is 10.7 Å². The first-order valence-corrected chi connectivity index (χ1v) is 19.8. The van der Waals surface area contributed by atoms with Crippen LogP contribution in [0.1, 0.15) is 41.7 Å². The molecule has 0 spiro atoms. The molecule has 0 heterocycles. The SMILES string of the molecule is CC1(C)c2cccc(-c3ccc(/C(=C/Cc4ccc5ccccc5c4)N=C(N)c4ccc(-c5ccccc5)cc4)c4ccccc34)c2-c2ccc3ccccc3c21. The molecule has 0 saturated carbocycles. The molecule has 2 nitrogen and oxygen atoms in total. The molecule has 2 N–H and O–H groups in total. The quantitative estimate of drug-likeness (QED) is 0.129. The second-order valence-electron chi connectivity index (χ2n) is 15.7. The van der Waals surface area contributed by atoms with E-state index in [1.165, 1.54) is 71.4 Å². The molecule has 0 saturated heterocycles. The van der Waals surface area contributed by atoms with Crippen molar-refractivity contribution in [1.82, 2.24) is 0 Å². The van der Waals surface area contributed by atoms with Crippen LogP contribution in [0.3, 0.4) is 0 Å². The lowest BCUT2D eigenvalue weighted by molar-refractivity contribution is 0.666. The van der Waals surface area contributed by atoms with Gasteiger partial charge in [0.2, 0.25) is 0 Å². The molecule has 9 aromatic carbocycles. The van der Waals surface area contributed by atoms with Crippen LogP contribution in [0.15, 0.2) is 199 Å². The maximum atomic E-state index is 6.91. The van der Waals surface area contributed by atoms with Crippen molar-refractivity contribution >= 4 is 43.9 Å². The van der Waals surface area contributed by atoms with Gasteiger partial charge in [0, 0.05) is 16.5 Å². The standard InChI is InChI=1S/C55H42N2/c1-55(2)50-22-12-21-48(52(50)49-31-30-40-16-8-9-18-43(40)53(49)55)46-32-33-47(45-20-11-10-19-44(45)46)51(34-24-36-23-25-38-15-6-7-17-42(38)35-36)57-54(56)41-28-26-39(27-29-41)37-13-4-3-5-14-37/h3-23,25-35H,24H2,1-2H3,(H2,56,57)/b51-34-. The molecule has 1 aliphatic carbocycles. The number of rotatable bonds is 7. The zero-order chi connectivity index (χ0) is 38.5. The van der Waals surface area contributed by atoms with Gasteiger partial charge in [0.1, 0.15) is 5.84 Å². The molecule has 272 valence electrons. The summed E-state index contributed by atoms with van der Waals surface area (Å²) in [5, 5.41) is 7.41. The maximum Gasteiger partial charge on any atom is 0.131 e. The Hall–Kier alpha value is -7.03. The first kappa shape index (κ1) is 34.5. The lowest BCUT2D eigenvalue weighted by atomic mass is 9.80. The van der Waals surface area contributed by atoms with Crippen LogP contribution in [0, 0.1) is 0 Å². The van der Waals surface area contributed by atoms with Gasteiger partial charge >= 0.3 is 0 Å². The van der Waals surface area contributed by atoms with Crippen LogP contribution in [0.5, 0.6) is 0 Å². The number of amidine groups is 1. The highest BCUT2D eigenvalue weighted by Crippen LogP contribution is 2.54. The van der Waals surface area contributed by atoms with Gasteiger partial charge in [0.25, 0.3) is 0 Å². The molecule has 0 unspecified atom stereocenters. The van der Waals surface area contributed by atoms with Crippen molar-refractivity contribution in [2.24, 2.45) is 10.7 Å². The van der Waals surface area contributed by atoms with E-state index in [1.54, 1.807) is 0 Å². The first-order chi connectivity index (χ1) is 27.9. The third-order valence-corrected chi connectivity index (χ3v) is 11.9. The summed E-state index contributed by atoms with van der Waals surface area (Å²) in [5.74, 6) is 0.486. The van der Waals surface area contributed by atoms with Crippen LogP contribution in [0.4, 0.5) is 0 Å². The predicted octanol–water partition coefficient (Wildman–Crippen LogP) is 13.8. The molecular formula is C55H42N2. The summed E-state index contributed by atoms with van der Waals surface area (Å²) in [6.07, 6.45) is 2.95. The lowest BCUT2D eigenvalue weighted by Crippen LogP contribution is -2.15. The third kappa shape index (κ3) is 6.02. The van der Waals surface area contributed by atoms with Gasteiger partial charge in [-0.2, -0.15) is 0 Å². The van der Waals surface area contributed by atoms with E-state index in [-0.39, 0.29) is 5.41 Å². The van der Waals surface area contributed by atoms with Gasteiger partial charge in [-0.3, -0.25) is 0 Å². The van der Waals surface area contributed by atoms with Gasteiger partial charge in [0.15, 0.2) is 0 Å². The average molecular weight is 731 g/mol. The Morgan fingerprint density at radius 1 is 0.526 bits per heavy atom. The topological polar surface area (TPSA) is 38.4 Å². The average Bonchev–Trinajstić information content (AvgIpc) is 3.51. The number of aliphatic imine (C=N–C) groups is 1. The van der Waals surface area contributed by atoms with Gasteiger partial charge in [-0.25, -0.2) is 4.99 Å². The van der Waals surface area contributed by atoms with E-state index in [0.29, 0.717) is 12.3 Å². The Morgan fingerprint density at radius 2 is 1.18 bits per heavy atom. The van der Waals surface area contributed by atoms with Crippen molar-refractivity contribution < 1.29 is 0 Å². The van der Waals surface area contributed by atoms with Gasteiger partial charge in [0.05, 0.1) is 5.70 Å². The highest BCUT2D eigenvalue weighted by Gasteiger charge is 2.38. The van der Waals surface area contributed by atoms with Crippen molar-refractivity contribution in [2.75, 3.05) is 0 Å². The van der Waals surface area contributed by atoms with E-state index < -0.39 is 0 Å². The molecule has 0 fully saturated rings. The minimum atomic E-state index is -0.137. The number of allylic oxidation sites excluding steroid dienone is 1. The van der Waals surface area contributed by atoms with E-state index in [2.05, 4.69) is 202 Å². The molecule has 57 heavy (non-hydrogen) atoms. The van der Waals surface area contributed by atoms with Crippen LogP contribution in [0.25, 0.3) is 71.4 Å². The molecule has 0 bridgehead atoms. The van der Waals surface area contributed by atoms with E-state index in [1.807, 2.05) is 6.07 Å². The molecule has 1 aliphatic rings. The molecule has 0 aromatic heterocycles. The summed E-state index contributed by atoms with van der Waals surface area (Å²) >= 11 is 0. The summed E-state index contributed by atoms with van der Waals surface area (Å²) in [6, 6.07) is 67.6. The number of fused-ring (bicyclic) bond motifs is 7. The van der Waals surface area contributed by atoms with Crippen molar-refractivity contribution in [2.45, 2.75) is 25.7 Å². The van der Waals surface area contributed by atoms with Gasteiger partial charge in [-0.1, -0.05) is 208 Å². The monoisotopic (exact) mass is 730 g/mol. The normalized spacial score (nSPS) is 13.6. The molecular weight excluding hydrogens is 689 g/mol. The smallest absolute Gasteiger partial charge is 0.131 e. The first-order valence-electron chi connectivity index (χ1n) is 19.8. The lowest BCUT2D eigenvalue weighted by Gasteiger charge is -2.23. The fraction of sp³-hybridized carbons (Fsp3) is 0.0727. The molecule has 10 rings (SSSR count). The van der Waals surface area contributed by atoms with E-state index in [0.717, 1.165) is 27.8 Å². The number of benzene rings is 9. The fourth-order valence-electron chi connectivity index (χ4n) is 9.09. The van der Waals surface area contributed by atoms with Crippen LogP contribution in [-0.2, 0) is 11.8 Å². The maximum absolute atomic E-state index is 6.91. The van der Waals surface area contributed by atoms with Crippen molar-refractivity contribution in [3.8, 4) is 33.4 Å². The largest absolute Gasteiger partial charge is 0.383 e. The highest BCUT2D eigenvalue weighted by molar-refractivity contribution is 6.09. The Labute approximate surface area is 334 Å². The summed E-state index contributed by atoms with van der Waals surface area (Å²) in [4.78, 5) is 5.24. The van der Waals surface area contributed by atoms with Crippen molar-refractivity contribution in [3.63, 3.8) is 0 Å². The molecule has 0 atom stereocenters. The van der Waals surface area contributed by atoms with Crippen molar-refractivity contribution in [3.05, 3.63) is 222 Å². The predicted molar refractivity (Wildman–Crippen MR) is 243 cm³/mol. The zero-order valence-corrected chi connectivity index (χ0v) is 32.2. The number of nitrogens with two attached hydrogens (primary N) is 1. The minimum Gasteiger partial charge on any atom is -0.383 e. The summed E-state index contributed by atoms with van der Waals surface area (Å²) in [5.41, 5.74) is 21.0. The Morgan fingerprint density at radius 3 is 1.98 bits per heavy atom. The summed E-state index contributed by atoms with van der Waals surface area (Å²) in [6.45, 7) is 4.75. The second-order valence-corrected chi connectivity index (χ2v) is 15.7. The summed E-state index contributed by atoms with van der Waals surface area (Å²) < 4.78 is 0. The van der Waals surface area contributed by atoms with E-state index in [9.17, 15) is 0 Å². The van der Waals surface area contributed by atoms with Crippen LogP contribution in [0.2, 0.25) is 0 Å². The number of hydrogen-bond acceptors (Lipinski definition) is 1. The molecule has 0 radical (unpaired) electrons. The Bertz CT molecular complexity index is 3060. The Balaban J connectivity index is 1.11.